The van der Waals surface area contributed by atoms with Gasteiger partial charge in [0, 0.05) is 42.8 Å². The van der Waals surface area contributed by atoms with Crippen molar-refractivity contribution in [3.63, 3.8) is 0 Å². The van der Waals surface area contributed by atoms with E-state index in [0.717, 1.165) is 36.4 Å². The first-order chi connectivity index (χ1) is 11.3. The second-order valence-electron chi connectivity index (χ2n) is 6.81. The molecule has 1 aromatic carbocycles. The van der Waals surface area contributed by atoms with Crippen LogP contribution in [0.5, 0.6) is 0 Å². The molecule has 0 aliphatic heterocycles. The van der Waals surface area contributed by atoms with Crippen molar-refractivity contribution in [3.05, 3.63) is 35.8 Å². The quantitative estimate of drug-likeness (QED) is 0.562. The highest BCUT2D eigenvalue weighted by atomic mass is 19.1. The van der Waals surface area contributed by atoms with Crippen molar-refractivity contribution in [1.82, 2.24) is 20.5 Å². The van der Waals surface area contributed by atoms with Crippen LogP contribution in [-0.4, -0.2) is 55.6 Å². The van der Waals surface area contributed by atoms with Gasteiger partial charge in [0.15, 0.2) is 5.96 Å². The number of H-pyrrole nitrogens is 1. The summed E-state index contributed by atoms with van der Waals surface area (Å²) in [6, 6.07) is 4.84. The number of fused-ring (bicyclic) bond motifs is 1. The first-order valence-electron chi connectivity index (χ1n) is 8.21. The molecule has 24 heavy (non-hydrogen) atoms. The number of rotatable bonds is 6. The van der Waals surface area contributed by atoms with Crippen LogP contribution in [0.2, 0.25) is 0 Å². The lowest BCUT2D eigenvalue weighted by molar-refractivity contribution is 0.197. The molecular weight excluding hydrogens is 305 g/mol. The van der Waals surface area contributed by atoms with E-state index in [4.69, 9.17) is 0 Å². The summed E-state index contributed by atoms with van der Waals surface area (Å²) in [7, 11) is 5.90. The summed E-state index contributed by atoms with van der Waals surface area (Å²) >= 11 is 0. The molecule has 0 aliphatic carbocycles. The maximum atomic E-state index is 13.2. The largest absolute Gasteiger partial charge is 0.361 e. The van der Waals surface area contributed by atoms with Crippen molar-refractivity contribution in [1.29, 1.82) is 0 Å². The van der Waals surface area contributed by atoms with Gasteiger partial charge in [-0.15, -0.1) is 0 Å². The van der Waals surface area contributed by atoms with Crippen molar-refractivity contribution in [2.24, 2.45) is 4.99 Å². The van der Waals surface area contributed by atoms with Gasteiger partial charge in [0.05, 0.1) is 0 Å². The summed E-state index contributed by atoms with van der Waals surface area (Å²) in [5, 5.41) is 7.75. The smallest absolute Gasteiger partial charge is 0.191 e. The zero-order valence-corrected chi connectivity index (χ0v) is 15.2. The first-order valence-corrected chi connectivity index (χ1v) is 8.21. The van der Waals surface area contributed by atoms with E-state index in [9.17, 15) is 4.39 Å². The molecule has 6 heteroatoms. The van der Waals surface area contributed by atoms with Gasteiger partial charge in [-0.2, -0.15) is 0 Å². The predicted molar refractivity (Wildman–Crippen MR) is 99.1 cm³/mol. The van der Waals surface area contributed by atoms with Crippen LogP contribution in [0, 0.1) is 5.82 Å². The molecule has 1 aromatic heterocycles. The Morgan fingerprint density at radius 1 is 1.29 bits per heavy atom. The molecule has 2 aromatic rings. The lowest BCUT2D eigenvalue weighted by atomic mass is 10.0. The molecule has 1 heterocycles. The third-order valence-corrected chi connectivity index (χ3v) is 4.54. The number of nitrogens with zero attached hydrogens (tertiary/aromatic N) is 2. The van der Waals surface area contributed by atoms with Crippen LogP contribution in [0.25, 0.3) is 10.9 Å². The second-order valence-corrected chi connectivity index (χ2v) is 6.81. The Morgan fingerprint density at radius 3 is 2.71 bits per heavy atom. The van der Waals surface area contributed by atoms with Gasteiger partial charge in [-0.05, 0) is 58.1 Å². The van der Waals surface area contributed by atoms with E-state index >= 15 is 0 Å². The Hall–Kier alpha value is -2.08. The van der Waals surface area contributed by atoms with E-state index in [1.165, 1.54) is 17.7 Å². The van der Waals surface area contributed by atoms with Crippen LogP contribution in [0.1, 0.15) is 19.4 Å². The first kappa shape index (κ1) is 18.3. The Morgan fingerprint density at radius 2 is 2.04 bits per heavy atom. The van der Waals surface area contributed by atoms with E-state index in [2.05, 4.69) is 53.5 Å². The summed E-state index contributed by atoms with van der Waals surface area (Å²) in [6.45, 7) is 5.91. The monoisotopic (exact) mass is 333 g/mol. The number of aromatic amines is 1. The third-order valence-electron chi connectivity index (χ3n) is 4.54. The zero-order valence-electron chi connectivity index (χ0n) is 15.2. The maximum Gasteiger partial charge on any atom is 0.191 e. The van der Waals surface area contributed by atoms with E-state index in [1.807, 2.05) is 12.3 Å². The zero-order chi connectivity index (χ0) is 17.7. The molecule has 0 fully saturated rings. The summed E-state index contributed by atoms with van der Waals surface area (Å²) < 4.78 is 13.2. The lowest BCUT2D eigenvalue weighted by Crippen LogP contribution is -2.51. The van der Waals surface area contributed by atoms with E-state index in [0.29, 0.717) is 0 Å². The summed E-state index contributed by atoms with van der Waals surface area (Å²) in [5.41, 5.74) is 2.04. The van der Waals surface area contributed by atoms with Gasteiger partial charge in [-0.25, -0.2) is 4.39 Å². The molecule has 3 N–H and O–H groups in total. The highest BCUT2D eigenvalue weighted by molar-refractivity contribution is 5.83. The Bertz CT molecular complexity index is 702. The standard InChI is InChI=1S/C18H28FN5/c1-18(2,24(4)5)12-23-17(20-3)21-9-8-13-11-22-16-10-14(19)6-7-15(13)16/h6-7,10-11,22H,8-9,12H2,1-5H3,(H2,20,21,23). The molecule has 0 amide bonds. The molecule has 0 aliphatic rings. The van der Waals surface area contributed by atoms with Crippen molar-refractivity contribution in [3.8, 4) is 0 Å². The minimum Gasteiger partial charge on any atom is -0.361 e. The van der Waals surface area contributed by atoms with Gasteiger partial charge in [-0.3, -0.25) is 4.99 Å². The molecule has 5 nitrogen and oxygen atoms in total. The number of aromatic nitrogens is 1. The number of nitrogens with one attached hydrogen (secondary N) is 3. The molecular formula is C18H28FN5. The highest BCUT2D eigenvalue weighted by Gasteiger charge is 2.20. The van der Waals surface area contributed by atoms with E-state index < -0.39 is 0 Å². The summed E-state index contributed by atoms with van der Waals surface area (Å²) in [4.78, 5) is 9.56. The fourth-order valence-corrected chi connectivity index (χ4v) is 2.36. The fourth-order valence-electron chi connectivity index (χ4n) is 2.36. The van der Waals surface area contributed by atoms with Crippen molar-refractivity contribution >= 4 is 16.9 Å². The van der Waals surface area contributed by atoms with Crippen LogP contribution in [0.4, 0.5) is 4.39 Å². The number of guanidine groups is 1. The summed E-state index contributed by atoms with van der Waals surface area (Å²) in [5.74, 6) is 0.568. The molecule has 0 atom stereocenters. The van der Waals surface area contributed by atoms with Gasteiger partial charge < -0.3 is 20.5 Å². The fraction of sp³-hybridized carbons (Fsp3) is 0.500. The number of likely N-dealkylation sites (N-methyl/N-ethyl adjacent to an activating group) is 1. The molecule has 0 spiro atoms. The maximum absolute atomic E-state index is 13.2. The minimum absolute atomic E-state index is 0.0402. The average molecular weight is 333 g/mol. The van der Waals surface area contributed by atoms with E-state index in [-0.39, 0.29) is 11.4 Å². The van der Waals surface area contributed by atoms with Crippen molar-refractivity contribution < 1.29 is 4.39 Å². The Kier molecular flexibility index (Phi) is 5.83. The predicted octanol–water partition coefficient (Wildman–Crippen LogP) is 2.35. The lowest BCUT2D eigenvalue weighted by Gasteiger charge is -2.33. The van der Waals surface area contributed by atoms with Crippen molar-refractivity contribution in [2.45, 2.75) is 25.8 Å². The molecule has 2 rings (SSSR count). The summed E-state index contributed by atoms with van der Waals surface area (Å²) in [6.07, 6.45) is 2.78. The van der Waals surface area contributed by atoms with Crippen LogP contribution in [0.15, 0.2) is 29.4 Å². The molecule has 0 saturated heterocycles. The van der Waals surface area contributed by atoms with Crippen LogP contribution in [-0.2, 0) is 6.42 Å². The third kappa shape index (κ3) is 4.47. The number of aliphatic imine (C=N–C) groups is 1. The molecule has 0 saturated carbocycles. The second kappa shape index (κ2) is 7.66. The Balaban J connectivity index is 1.87. The van der Waals surface area contributed by atoms with Crippen LogP contribution >= 0.6 is 0 Å². The van der Waals surface area contributed by atoms with E-state index in [1.54, 1.807) is 7.05 Å². The normalized spacial score (nSPS) is 12.9. The van der Waals surface area contributed by atoms with Gasteiger partial charge >= 0.3 is 0 Å². The van der Waals surface area contributed by atoms with Crippen LogP contribution in [0.3, 0.4) is 0 Å². The van der Waals surface area contributed by atoms with Gasteiger partial charge in [0.1, 0.15) is 5.82 Å². The van der Waals surface area contributed by atoms with Crippen molar-refractivity contribution in [2.75, 3.05) is 34.2 Å². The topological polar surface area (TPSA) is 55.5 Å². The molecule has 0 unspecified atom stereocenters. The Labute approximate surface area is 143 Å². The highest BCUT2D eigenvalue weighted by Crippen LogP contribution is 2.19. The van der Waals surface area contributed by atoms with Gasteiger partial charge in [-0.1, -0.05) is 0 Å². The number of hydrogen-bond acceptors (Lipinski definition) is 2. The minimum atomic E-state index is -0.220. The molecule has 0 radical (unpaired) electrons. The average Bonchev–Trinajstić information content (AvgIpc) is 2.92. The molecule has 132 valence electrons. The van der Waals surface area contributed by atoms with Gasteiger partial charge in [0.25, 0.3) is 0 Å². The van der Waals surface area contributed by atoms with Gasteiger partial charge in [0.2, 0.25) is 0 Å². The molecule has 0 bridgehead atoms. The SMILES string of the molecule is CN=C(NCCc1c[nH]c2cc(F)ccc12)NCC(C)(C)N(C)C. The number of benzene rings is 1. The number of halogens is 1. The van der Waals surface area contributed by atoms with Crippen LogP contribution < -0.4 is 10.6 Å². The number of hydrogen-bond donors (Lipinski definition) is 3.